The molecule has 3 rings (SSSR count). The van der Waals surface area contributed by atoms with Crippen LogP contribution in [0.15, 0.2) is 33.2 Å². The summed E-state index contributed by atoms with van der Waals surface area (Å²) in [6.07, 6.45) is 2.71. The van der Waals surface area contributed by atoms with Crippen molar-refractivity contribution in [3.05, 3.63) is 40.2 Å². The van der Waals surface area contributed by atoms with Crippen LogP contribution in [0.25, 0.3) is 11.5 Å². The summed E-state index contributed by atoms with van der Waals surface area (Å²) in [6.45, 7) is 0. The highest BCUT2D eigenvalue weighted by atomic mass is 79.9. The number of oxazole rings is 1. The number of nitrogens with zero attached hydrogens (tertiary/aromatic N) is 1. The van der Waals surface area contributed by atoms with Crippen molar-refractivity contribution in [1.82, 2.24) is 4.98 Å². The summed E-state index contributed by atoms with van der Waals surface area (Å²) in [4.78, 5) is 4.56. The fourth-order valence-electron chi connectivity index (χ4n) is 2.15. The van der Waals surface area contributed by atoms with Gasteiger partial charge in [-0.25, -0.2) is 4.98 Å². The summed E-state index contributed by atoms with van der Waals surface area (Å²) >= 11 is 3.51. The van der Waals surface area contributed by atoms with E-state index < -0.39 is 0 Å². The zero-order chi connectivity index (χ0) is 11.8. The smallest absolute Gasteiger partial charge is 0.227 e. The van der Waals surface area contributed by atoms with Crippen LogP contribution in [-0.4, -0.2) is 11.0 Å². The second-order valence-corrected chi connectivity index (χ2v) is 5.23. The van der Waals surface area contributed by atoms with Gasteiger partial charge in [0.25, 0.3) is 0 Å². The molecule has 0 bridgehead atoms. The first kappa shape index (κ1) is 11.0. The van der Waals surface area contributed by atoms with Crippen molar-refractivity contribution in [3.8, 4) is 11.5 Å². The van der Waals surface area contributed by atoms with Crippen LogP contribution in [-0.2, 0) is 12.8 Å². The van der Waals surface area contributed by atoms with Crippen LogP contribution in [0.5, 0.6) is 0 Å². The van der Waals surface area contributed by atoms with Gasteiger partial charge in [0.15, 0.2) is 0 Å². The van der Waals surface area contributed by atoms with Gasteiger partial charge in [-0.05, 0) is 40.9 Å². The van der Waals surface area contributed by atoms with Crippen LogP contribution in [0.4, 0.5) is 0 Å². The molecule has 3 nitrogen and oxygen atoms in total. The molecule has 88 valence electrons. The van der Waals surface area contributed by atoms with Crippen molar-refractivity contribution in [2.75, 3.05) is 0 Å². The van der Waals surface area contributed by atoms with E-state index in [4.69, 9.17) is 10.2 Å². The number of hydrogen-bond acceptors (Lipinski definition) is 3. The van der Waals surface area contributed by atoms with Gasteiger partial charge in [0.1, 0.15) is 5.76 Å². The molecule has 4 heteroatoms. The van der Waals surface area contributed by atoms with E-state index in [9.17, 15) is 0 Å². The van der Waals surface area contributed by atoms with E-state index >= 15 is 0 Å². The van der Waals surface area contributed by atoms with Gasteiger partial charge < -0.3 is 10.2 Å². The number of fused-ring (bicyclic) bond motifs is 1. The van der Waals surface area contributed by atoms with Crippen LogP contribution in [0, 0.1) is 0 Å². The van der Waals surface area contributed by atoms with E-state index in [0.717, 1.165) is 40.8 Å². The van der Waals surface area contributed by atoms with Gasteiger partial charge >= 0.3 is 0 Å². The lowest BCUT2D eigenvalue weighted by Crippen LogP contribution is -2.27. The minimum absolute atomic E-state index is 0.211. The molecule has 1 aromatic heterocycles. The molecule has 0 aliphatic heterocycles. The van der Waals surface area contributed by atoms with Gasteiger partial charge in [-0.3, -0.25) is 0 Å². The van der Waals surface area contributed by atoms with Crippen LogP contribution in [0.1, 0.15) is 17.9 Å². The number of nitrogens with two attached hydrogens (primary N) is 1. The number of hydrogen-bond donors (Lipinski definition) is 1. The Balaban J connectivity index is 2.03. The molecule has 1 atom stereocenters. The fourth-order valence-corrected chi connectivity index (χ4v) is 2.60. The summed E-state index contributed by atoms with van der Waals surface area (Å²) in [5, 5.41) is 0. The standard InChI is InChI=1S/C13H13BrN2O/c14-10-4-2-1-3-9(10)13-16-11-6-5-8(15)7-12(11)17-13/h1-4,8H,5-7,15H2. The van der Waals surface area contributed by atoms with E-state index in [-0.39, 0.29) is 6.04 Å². The predicted octanol–water partition coefficient (Wildman–Crippen LogP) is 2.92. The quantitative estimate of drug-likeness (QED) is 0.879. The molecule has 0 saturated carbocycles. The number of aromatic nitrogens is 1. The summed E-state index contributed by atoms with van der Waals surface area (Å²) < 4.78 is 6.82. The molecule has 2 aromatic rings. The second kappa shape index (κ2) is 4.27. The molecule has 2 N–H and O–H groups in total. The summed E-state index contributed by atoms with van der Waals surface area (Å²) in [5.41, 5.74) is 7.99. The van der Waals surface area contributed by atoms with Crippen molar-refractivity contribution < 1.29 is 4.42 Å². The Morgan fingerprint density at radius 3 is 3.00 bits per heavy atom. The zero-order valence-electron chi connectivity index (χ0n) is 9.32. The highest BCUT2D eigenvalue weighted by molar-refractivity contribution is 9.10. The van der Waals surface area contributed by atoms with Crippen LogP contribution in [0.2, 0.25) is 0 Å². The van der Waals surface area contributed by atoms with Crippen LogP contribution >= 0.6 is 15.9 Å². The van der Waals surface area contributed by atoms with Gasteiger partial charge in [0.05, 0.1) is 11.3 Å². The summed E-state index contributed by atoms with van der Waals surface area (Å²) in [5.74, 6) is 1.64. The summed E-state index contributed by atoms with van der Waals surface area (Å²) in [6, 6.07) is 8.16. The number of benzene rings is 1. The van der Waals surface area contributed by atoms with Gasteiger partial charge in [-0.15, -0.1) is 0 Å². The third kappa shape index (κ3) is 2.03. The maximum absolute atomic E-state index is 5.93. The molecule has 0 amide bonds. The molecular weight excluding hydrogens is 280 g/mol. The minimum Gasteiger partial charge on any atom is -0.441 e. The number of rotatable bonds is 1. The average molecular weight is 293 g/mol. The third-order valence-electron chi connectivity index (χ3n) is 3.08. The topological polar surface area (TPSA) is 52.0 Å². The molecular formula is C13H13BrN2O. The first-order valence-electron chi connectivity index (χ1n) is 5.73. The molecule has 0 fully saturated rings. The lowest BCUT2D eigenvalue weighted by molar-refractivity contribution is 0.456. The van der Waals surface area contributed by atoms with Gasteiger partial charge in [0, 0.05) is 16.9 Å². The highest BCUT2D eigenvalue weighted by Gasteiger charge is 2.22. The normalized spacial score (nSPS) is 19.1. The SMILES string of the molecule is NC1CCc2nc(-c3ccccc3Br)oc2C1. The molecule has 1 aliphatic rings. The molecule has 1 unspecified atom stereocenters. The number of halogens is 1. The molecule has 0 saturated heterocycles. The van der Waals surface area contributed by atoms with E-state index in [1.165, 1.54) is 0 Å². The minimum atomic E-state index is 0.211. The maximum Gasteiger partial charge on any atom is 0.227 e. The monoisotopic (exact) mass is 292 g/mol. The van der Waals surface area contributed by atoms with Crippen molar-refractivity contribution in [3.63, 3.8) is 0 Å². The Morgan fingerprint density at radius 1 is 1.35 bits per heavy atom. The molecule has 0 radical (unpaired) electrons. The second-order valence-electron chi connectivity index (χ2n) is 4.37. The van der Waals surface area contributed by atoms with Gasteiger partial charge in [-0.1, -0.05) is 12.1 Å². The summed E-state index contributed by atoms with van der Waals surface area (Å²) in [7, 11) is 0. The Labute approximate surface area is 108 Å². The van der Waals surface area contributed by atoms with Crippen molar-refractivity contribution >= 4 is 15.9 Å². The van der Waals surface area contributed by atoms with Crippen molar-refractivity contribution in [2.45, 2.75) is 25.3 Å². The van der Waals surface area contributed by atoms with Crippen LogP contribution < -0.4 is 5.73 Å². The Morgan fingerprint density at radius 2 is 2.18 bits per heavy atom. The lowest BCUT2D eigenvalue weighted by Gasteiger charge is -2.14. The first-order chi connectivity index (χ1) is 8.24. The molecule has 17 heavy (non-hydrogen) atoms. The molecule has 0 spiro atoms. The third-order valence-corrected chi connectivity index (χ3v) is 3.77. The average Bonchev–Trinajstić information content (AvgIpc) is 2.72. The predicted molar refractivity (Wildman–Crippen MR) is 69.6 cm³/mol. The first-order valence-corrected chi connectivity index (χ1v) is 6.52. The Hall–Kier alpha value is -1.13. The van der Waals surface area contributed by atoms with E-state index in [1.54, 1.807) is 0 Å². The maximum atomic E-state index is 5.93. The lowest BCUT2D eigenvalue weighted by atomic mass is 9.98. The van der Waals surface area contributed by atoms with Gasteiger partial charge in [0.2, 0.25) is 5.89 Å². The van der Waals surface area contributed by atoms with Crippen LogP contribution in [0.3, 0.4) is 0 Å². The molecule has 1 aromatic carbocycles. The Kier molecular flexibility index (Phi) is 2.76. The molecule has 1 aliphatic carbocycles. The largest absolute Gasteiger partial charge is 0.441 e. The zero-order valence-corrected chi connectivity index (χ0v) is 10.9. The fraction of sp³-hybridized carbons (Fsp3) is 0.308. The van der Waals surface area contributed by atoms with Crippen molar-refractivity contribution in [2.24, 2.45) is 5.73 Å². The Bertz CT molecular complexity index is 550. The van der Waals surface area contributed by atoms with E-state index in [2.05, 4.69) is 20.9 Å². The van der Waals surface area contributed by atoms with E-state index in [1.807, 2.05) is 24.3 Å². The van der Waals surface area contributed by atoms with Gasteiger partial charge in [-0.2, -0.15) is 0 Å². The van der Waals surface area contributed by atoms with Crippen molar-refractivity contribution in [1.29, 1.82) is 0 Å². The van der Waals surface area contributed by atoms with E-state index in [0.29, 0.717) is 5.89 Å². The molecule has 1 heterocycles. The highest BCUT2D eigenvalue weighted by Crippen LogP contribution is 2.31. The number of aryl methyl sites for hydroxylation is 1.